The molecule has 3 saturated heterocycles. The Labute approximate surface area is 329 Å². The van der Waals surface area contributed by atoms with E-state index < -0.39 is 88.9 Å². The molecule has 25 heteroatoms. The van der Waals surface area contributed by atoms with Crippen LogP contribution in [0.1, 0.15) is 78.1 Å². The van der Waals surface area contributed by atoms with Crippen molar-refractivity contribution in [2.45, 2.75) is 108 Å². The fraction of sp³-hybridized carbons (Fsp3) is 0.529. The summed E-state index contributed by atoms with van der Waals surface area (Å²) in [6, 6.07) is -1.73. The predicted octanol–water partition coefficient (Wildman–Crippen LogP) is -1.15. The molecule has 3 aliphatic heterocycles. The minimum atomic E-state index is -0.829. The highest BCUT2D eigenvalue weighted by Gasteiger charge is 2.42. The molecule has 0 aromatic carbocycles. The van der Waals surface area contributed by atoms with Gasteiger partial charge in [0.05, 0.1) is 48.3 Å². The molecule has 3 aliphatic rings. The number of ether oxygens (including phenoxy) is 3. The van der Waals surface area contributed by atoms with Gasteiger partial charge >= 0.3 is 17.1 Å². The number of aryl methyl sites for hydroxylation is 3. The standard InChI is InChI=1S/C34H39N15O10/c1-15-9-45(32(54)36-29(15)51)26-6-20(41-42-35)23(57-26)4-18-12-48(43-39-18)21-7-27(46-10-16(2)30(52)37-33(46)55)58-24(21)5-19-13-49(44-40-19)22-8-28(59-25(22)14-50)47-11-17(3)31(53)38-34(47)56/h9-13,20-28,50H,4-8,14H2,1-3H3,(H,36,51,54)(H,37,52,55)(H,38,53,56)/t20-,21-,22-,23+,24+,25+,26+,27+,28+/m0/s1. The summed E-state index contributed by atoms with van der Waals surface area (Å²) in [5, 5.41) is 31.5. The van der Waals surface area contributed by atoms with Crippen LogP contribution in [0.2, 0.25) is 0 Å². The maximum atomic E-state index is 13.0. The summed E-state index contributed by atoms with van der Waals surface area (Å²) in [6.07, 6.45) is 3.96. The molecule has 3 fully saturated rings. The molecule has 25 nitrogen and oxygen atoms in total. The number of H-pyrrole nitrogens is 3. The Kier molecular flexibility index (Phi) is 10.4. The first-order valence-electron chi connectivity index (χ1n) is 18.7. The highest BCUT2D eigenvalue weighted by atomic mass is 16.5. The highest BCUT2D eigenvalue weighted by Crippen LogP contribution is 2.39. The first-order valence-corrected chi connectivity index (χ1v) is 18.7. The molecule has 4 N–H and O–H groups in total. The van der Waals surface area contributed by atoms with Crippen molar-refractivity contribution in [2.75, 3.05) is 6.61 Å². The number of rotatable bonds is 11. The van der Waals surface area contributed by atoms with Gasteiger partial charge in [0.1, 0.15) is 24.8 Å². The quantitative estimate of drug-likeness (QED) is 0.0695. The molecule has 0 radical (unpaired) electrons. The Hall–Kier alpha value is -6.53. The minimum absolute atomic E-state index is 0.146. The van der Waals surface area contributed by atoms with Crippen molar-refractivity contribution in [2.24, 2.45) is 5.11 Å². The van der Waals surface area contributed by atoms with Gasteiger partial charge in [0.15, 0.2) is 0 Å². The fourth-order valence-corrected chi connectivity index (χ4v) is 7.88. The number of hydrogen-bond acceptors (Lipinski definition) is 15. The van der Waals surface area contributed by atoms with Gasteiger partial charge in [-0.15, -0.1) is 10.2 Å². The van der Waals surface area contributed by atoms with E-state index in [1.54, 1.807) is 42.5 Å². The summed E-state index contributed by atoms with van der Waals surface area (Å²) in [5.41, 5.74) is 7.64. The molecule has 8 heterocycles. The molecule has 5 aromatic rings. The molecule has 0 saturated carbocycles. The van der Waals surface area contributed by atoms with Crippen LogP contribution in [0, 0.1) is 20.8 Å². The van der Waals surface area contributed by atoms with Crippen molar-refractivity contribution in [3.8, 4) is 0 Å². The van der Waals surface area contributed by atoms with Crippen molar-refractivity contribution < 1.29 is 19.3 Å². The van der Waals surface area contributed by atoms with Gasteiger partial charge in [0.25, 0.3) is 16.7 Å². The SMILES string of the molecule is Cc1cn([C@H]2C[C@H](N=[N+]=[N-])[C@@H](Cc3cn([C@H]4C[C@H](n5cc(C)c(=O)[nH]c5=O)O[C@@H]4Cc4cn([C@H]5C[C@H](n6cc(C)c(=O)[nH]c6=O)O[C@@H]5CO)nn4)nn3)O2)c(=O)[nH]c1=O. The van der Waals surface area contributed by atoms with E-state index in [0.29, 0.717) is 28.1 Å². The number of azide groups is 1. The second kappa shape index (κ2) is 15.7. The third-order valence-corrected chi connectivity index (χ3v) is 11.0. The summed E-state index contributed by atoms with van der Waals surface area (Å²) in [7, 11) is 0. The monoisotopic (exact) mass is 817 g/mol. The number of aromatic amines is 3. The number of aliphatic hydroxyl groups is 1. The summed E-state index contributed by atoms with van der Waals surface area (Å²) in [4.78, 5) is 84.0. The van der Waals surface area contributed by atoms with Crippen LogP contribution < -0.4 is 33.7 Å². The smallest absolute Gasteiger partial charge is 0.330 e. The van der Waals surface area contributed by atoms with Gasteiger partial charge in [-0.1, -0.05) is 15.5 Å². The lowest BCUT2D eigenvalue weighted by molar-refractivity contribution is -0.0323. The van der Waals surface area contributed by atoms with Crippen molar-refractivity contribution in [3.05, 3.63) is 132 Å². The third-order valence-electron chi connectivity index (χ3n) is 11.0. The van der Waals surface area contributed by atoms with Crippen molar-refractivity contribution in [3.63, 3.8) is 0 Å². The van der Waals surface area contributed by atoms with Crippen LogP contribution in [0.15, 0.2) is 64.9 Å². The van der Waals surface area contributed by atoms with E-state index in [4.69, 9.17) is 14.2 Å². The van der Waals surface area contributed by atoms with Crippen LogP contribution in [-0.2, 0) is 27.1 Å². The van der Waals surface area contributed by atoms with Crippen LogP contribution in [0.5, 0.6) is 0 Å². The summed E-state index contributed by atoms with van der Waals surface area (Å²) in [6.45, 7) is 4.31. The summed E-state index contributed by atoms with van der Waals surface area (Å²) in [5.74, 6) is 0. The van der Waals surface area contributed by atoms with Gasteiger partial charge in [-0.25, -0.2) is 23.7 Å². The normalized spacial score (nSPS) is 26.7. The Balaban J connectivity index is 1.04. The zero-order valence-electron chi connectivity index (χ0n) is 31.8. The molecule has 0 unspecified atom stereocenters. The number of nitrogens with zero attached hydrogens (tertiary/aromatic N) is 12. The maximum Gasteiger partial charge on any atom is 0.330 e. The van der Waals surface area contributed by atoms with Gasteiger partial charge < -0.3 is 19.3 Å². The van der Waals surface area contributed by atoms with E-state index in [-0.39, 0.29) is 38.7 Å². The van der Waals surface area contributed by atoms with E-state index in [9.17, 15) is 39.4 Å². The van der Waals surface area contributed by atoms with Crippen LogP contribution in [0.3, 0.4) is 0 Å². The first kappa shape index (κ1) is 39.3. The molecule has 310 valence electrons. The summed E-state index contributed by atoms with van der Waals surface area (Å²) < 4.78 is 25.6. The molecule has 0 aliphatic carbocycles. The van der Waals surface area contributed by atoms with Crippen molar-refractivity contribution in [1.29, 1.82) is 0 Å². The van der Waals surface area contributed by atoms with Crippen molar-refractivity contribution in [1.82, 2.24) is 58.6 Å². The van der Waals surface area contributed by atoms with Crippen molar-refractivity contribution >= 4 is 0 Å². The molecule has 59 heavy (non-hydrogen) atoms. The Bertz CT molecular complexity index is 2810. The van der Waals surface area contributed by atoms with Gasteiger partial charge in [-0.05, 0) is 26.3 Å². The van der Waals surface area contributed by atoms with Crippen LogP contribution in [0.25, 0.3) is 10.4 Å². The van der Waals surface area contributed by atoms with E-state index in [2.05, 4.69) is 45.6 Å². The largest absolute Gasteiger partial charge is 0.394 e. The maximum absolute atomic E-state index is 13.0. The zero-order chi connectivity index (χ0) is 41.7. The molecular formula is C34H39N15O10. The van der Waals surface area contributed by atoms with Gasteiger partial charge in [0.2, 0.25) is 0 Å². The minimum Gasteiger partial charge on any atom is -0.394 e. The summed E-state index contributed by atoms with van der Waals surface area (Å²) >= 11 is 0. The second-order valence-electron chi connectivity index (χ2n) is 14.9. The molecule has 8 rings (SSSR count). The van der Waals surface area contributed by atoms with Gasteiger partial charge in [0, 0.05) is 84.7 Å². The molecule has 0 bridgehead atoms. The van der Waals surface area contributed by atoms with Crippen LogP contribution >= 0.6 is 0 Å². The lowest BCUT2D eigenvalue weighted by Crippen LogP contribution is -2.33. The number of nitrogens with one attached hydrogen (secondary N) is 3. The Morgan fingerprint density at radius 3 is 1.53 bits per heavy atom. The number of hydrogen-bond donors (Lipinski definition) is 4. The topological polar surface area (TPSA) is 323 Å². The molecule has 9 atom stereocenters. The second-order valence-corrected chi connectivity index (χ2v) is 14.9. The molecule has 0 amide bonds. The fourth-order valence-electron chi connectivity index (χ4n) is 7.88. The lowest BCUT2D eigenvalue weighted by atomic mass is 10.0. The molecule has 5 aromatic heterocycles. The zero-order valence-corrected chi connectivity index (χ0v) is 31.8. The average molecular weight is 818 g/mol. The van der Waals surface area contributed by atoms with Gasteiger partial charge in [-0.3, -0.25) is 43.0 Å². The van der Waals surface area contributed by atoms with Gasteiger partial charge in [-0.2, -0.15) is 0 Å². The third kappa shape index (κ3) is 7.63. The Morgan fingerprint density at radius 1 is 0.661 bits per heavy atom. The highest BCUT2D eigenvalue weighted by molar-refractivity contribution is 5.08. The molecule has 0 spiro atoms. The number of aliphatic hydroxyl groups excluding tert-OH is 1. The van der Waals surface area contributed by atoms with Crippen LogP contribution in [0.4, 0.5) is 0 Å². The van der Waals surface area contributed by atoms with Crippen LogP contribution in [-0.4, -0.2) is 94.7 Å². The predicted molar refractivity (Wildman–Crippen MR) is 199 cm³/mol. The van der Waals surface area contributed by atoms with E-state index in [0.717, 1.165) is 0 Å². The lowest BCUT2D eigenvalue weighted by Gasteiger charge is -2.18. The first-order chi connectivity index (χ1) is 28.3. The number of aromatic nitrogens is 12. The van der Waals surface area contributed by atoms with E-state index >= 15 is 0 Å². The van der Waals surface area contributed by atoms with E-state index in [1.165, 1.54) is 32.3 Å². The Morgan fingerprint density at radius 2 is 1.07 bits per heavy atom. The average Bonchev–Trinajstić information content (AvgIpc) is 4.05. The van der Waals surface area contributed by atoms with E-state index in [1.807, 2.05) is 0 Å². The molecular weight excluding hydrogens is 778 g/mol.